The summed E-state index contributed by atoms with van der Waals surface area (Å²) in [4.78, 5) is 39.3. The number of anilines is 1. The van der Waals surface area contributed by atoms with Gasteiger partial charge in [0.25, 0.3) is 5.92 Å². The van der Waals surface area contributed by atoms with E-state index >= 15 is 4.39 Å². The largest absolute Gasteiger partial charge is 0.496 e. The van der Waals surface area contributed by atoms with Gasteiger partial charge in [-0.2, -0.15) is 26.3 Å². The van der Waals surface area contributed by atoms with E-state index in [9.17, 15) is 49.8 Å². The number of aryl methyl sites for hydroxylation is 1. The van der Waals surface area contributed by atoms with Crippen molar-refractivity contribution in [3.63, 3.8) is 0 Å². The Kier molecular flexibility index (Phi) is 9.18. The molecular formula is C34H26F9N5O5. The number of rotatable bonds is 8. The second kappa shape index (κ2) is 13.1. The molecule has 2 aromatic carbocycles. The maximum Gasteiger partial charge on any atom is 0.416 e. The number of halogens is 9. The standard InChI is InChI=1S/C34H26F9N5O5/c1-15-4-25(29(49)50)44-10-22(15)20-8-21(27(52-3)9-24(20)35)23-11-45-30(47-13-32(36,37)14-47)46-26(23)12-48-16(2)28(53-31(48)51)17-5-18(33(38,39)40)7-19(6-17)34(41,42)43/h4-11,16,28H,12-14H2,1-3H3,(H,49,50)/t16-,28-/m0/s1. The maximum absolute atomic E-state index is 15.5. The van der Waals surface area contributed by atoms with Crippen LogP contribution in [0.2, 0.25) is 0 Å². The monoisotopic (exact) mass is 755 g/mol. The summed E-state index contributed by atoms with van der Waals surface area (Å²) < 4.78 is 136. The number of aromatic carboxylic acids is 1. The van der Waals surface area contributed by atoms with Gasteiger partial charge in [0.15, 0.2) is 0 Å². The van der Waals surface area contributed by atoms with Crippen molar-refractivity contribution in [2.45, 2.75) is 50.8 Å². The molecule has 0 saturated carbocycles. The number of hydrogen-bond acceptors (Lipinski definition) is 8. The fourth-order valence-electron chi connectivity index (χ4n) is 6.12. The van der Waals surface area contributed by atoms with Crippen molar-refractivity contribution in [3.8, 4) is 28.0 Å². The zero-order chi connectivity index (χ0) is 38.8. The van der Waals surface area contributed by atoms with E-state index in [-0.39, 0.29) is 51.4 Å². The van der Waals surface area contributed by atoms with Crippen molar-refractivity contribution >= 4 is 18.0 Å². The van der Waals surface area contributed by atoms with Gasteiger partial charge in [0.2, 0.25) is 5.95 Å². The van der Waals surface area contributed by atoms with Crippen LogP contribution in [0, 0.1) is 12.7 Å². The first-order valence-corrected chi connectivity index (χ1v) is 15.5. The average Bonchev–Trinajstić information content (AvgIpc) is 3.34. The summed E-state index contributed by atoms with van der Waals surface area (Å²) in [6, 6.07) is 3.21. The molecule has 4 heterocycles. The van der Waals surface area contributed by atoms with Gasteiger partial charge < -0.3 is 19.5 Å². The summed E-state index contributed by atoms with van der Waals surface area (Å²) in [7, 11) is 1.22. The predicted molar refractivity (Wildman–Crippen MR) is 167 cm³/mol. The SMILES string of the molecule is COc1cc(F)c(-c2cnc(C(=O)O)cc2C)cc1-c1cnc(N2CC(F)(F)C2)nc1CN1C(=O)O[C@H](c2cc(C(F)(F)F)cc(C(F)(F)F)c2)[C@@H]1C. The number of aromatic nitrogens is 3. The van der Waals surface area contributed by atoms with E-state index in [0.29, 0.717) is 17.7 Å². The van der Waals surface area contributed by atoms with Crippen molar-refractivity contribution in [1.29, 1.82) is 0 Å². The molecule has 1 N–H and O–H groups in total. The molecule has 2 fully saturated rings. The summed E-state index contributed by atoms with van der Waals surface area (Å²) in [5.41, 5.74) is -3.50. The van der Waals surface area contributed by atoms with Crippen LogP contribution in [0.25, 0.3) is 22.3 Å². The van der Waals surface area contributed by atoms with Crippen LogP contribution in [0.4, 0.5) is 50.3 Å². The van der Waals surface area contributed by atoms with Crippen LogP contribution in [0.5, 0.6) is 5.75 Å². The van der Waals surface area contributed by atoms with Crippen LogP contribution in [0.1, 0.15) is 51.5 Å². The first kappa shape index (κ1) is 37.1. The van der Waals surface area contributed by atoms with Crippen LogP contribution < -0.4 is 9.64 Å². The number of ether oxygens (including phenoxy) is 2. The lowest BCUT2D eigenvalue weighted by Gasteiger charge is -2.38. The van der Waals surface area contributed by atoms with Gasteiger partial charge in [0.05, 0.1) is 49.6 Å². The van der Waals surface area contributed by atoms with Crippen LogP contribution in [-0.4, -0.2) is 69.2 Å². The van der Waals surface area contributed by atoms with E-state index in [2.05, 4.69) is 15.0 Å². The summed E-state index contributed by atoms with van der Waals surface area (Å²) in [5.74, 6) is -5.43. The number of nitrogens with zero attached hydrogens (tertiary/aromatic N) is 5. The molecule has 0 spiro atoms. The summed E-state index contributed by atoms with van der Waals surface area (Å²) in [6.45, 7) is 0.845. The first-order chi connectivity index (χ1) is 24.7. The zero-order valence-electron chi connectivity index (χ0n) is 27.6. The van der Waals surface area contributed by atoms with Gasteiger partial charge in [0, 0.05) is 40.7 Å². The number of carboxylic acid groups (broad SMARTS) is 1. The minimum absolute atomic E-state index is 0.0541. The highest BCUT2D eigenvalue weighted by molar-refractivity contribution is 5.87. The van der Waals surface area contributed by atoms with E-state index in [0.717, 1.165) is 22.1 Å². The number of carboxylic acids is 1. The molecule has 19 heteroatoms. The highest BCUT2D eigenvalue weighted by Crippen LogP contribution is 2.43. The molecule has 0 radical (unpaired) electrons. The van der Waals surface area contributed by atoms with E-state index in [1.165, 1.54) is 39.3 Å². The minimum Gasteiger partial charge on any atom is -0.496 e. The van der Waals surface area contributed by atoms with Gasteiger partial charge >= 0.3 is 24.4 Å². The smallest absolute Gasteiger partial charge is 0.416 e. The lowest BCUT2D eigenvalue weighted by atomic mass is 9.95. The number of pyridine rings is 1. The van der Waals surface area contributed by atoms with E-state index in [1.807, 2.05) is 0 Å². The fourth-order valence-corrected chi connectivity index (χ4v) is 6.12. The maximum atomic E-state index is 15.5. The number of alkyl halides is 8. The van der Waals surface area contributed by atoms with Crippen molar-refractivity contribution < 1.29 is 63.7 Å². The first-order valence-electron chi connectivity index (χ1n) is 15.5. The number of cyclic esters (lactones) is 1. The van der Waals surface area contributed by atoms with Crippen molar-refractivity contribution in [2.24, 2.45) is 0 Å². The van der Waals surface area contributed by atoms with E-state index < -0.39 is 84.6 Å². The van der Waals surface area contributed by atoms with Crippen LogP contribution in [0.3, 0.4) is 0 Å². The molecule has 0 aliphatic carbocycles. The van der Waals surface area contributed by atoms with Crippen LogP contribution in [-0.2, 0) is 23.6 Å². The summed E-state index contributed by atoms with van der Waals surface area (Å²) >= 11 is 0. The van der Waals surface area contributed by atoms with Gasteiger partial charge in [0.1, 0.15) is 23.4 Å². The number of benzene rings is 2. The van der Waals surface area contributed by atoms with Crippen molar-refractivity contribution in [3.05, 3.63) is 88.3 Å². The number of hydrogen-bond donors (Lipinski definition) is 1. The van der Waals surface area contributed by atoms with Gasteiger partial charge in [-0.3, -0.25) is 4.90 Å². The Bertz CT molecular complexity index is 2090. The lowest BCUT2D eigenvalue weighted by Crippen LogP contribution is -2.57. The molecule has 53 heavy (non-hydrogen) atoms. The molecule has 1 amide bonds. The fraction of sp³-hybridized carbons (Fsp3) is 0.324. The second-order valence-corrected chi connectivity index (χ2v) is 12.5. The Morgan fingerprint density at radius 2 is 1.57 bits per heavy atom. The third-order valence-electron chi connectivity index (χ3n) is 8.83. The normalized spacial score (nSPS) is 18.5. The molecule has 2 saturated heterocycles. The second-order valence-electron chi connectivity index (χ2n) is 12.5. The number of methoxy groups -OCH3 is 1. The molecule has 0 unspecified atom stereocenters. The molecule has 280 valence electrons. The van der Waals surface area contributed by atoms with Gasteiger partial charge in [-0.05, 0) is 55.3 Å². The van der Waals surface area contributed by atoms with Crippen LogP contribution in [0.15, 0.2) is 48.8 Å². The Morgan fingerprint density at radius 1 is 0.943 bits per heavy atom. The molecule has 2 aliphatic rings. The van der Waals surface area contributed by atoms with Crippen molar-refractivity contribution in [1.82, 2.24) is 19.9 Å². The number of carbonyl (C=O) groups excluding carboxylic acids is 1. The Balaban J connectivity index is 1.44. The minimum atomic E-state index is -5.17. The molecule has 2 aromatic heterocycles. The van der Waals surface area contributed by atoms with Gasteiger partial charge in [-0.15, -0.1) is 0 Å². The van der Waals surface area contributed by atoms with E-state index in [1.54, 1.807) is 0 Å². The highest BCUT2D eigenvalue weighted by Gasteiger charge is 2.46. The van der Waals surface area contributed by atoms with Crippen molar-refractivity contribution in [2.75, 3.05) is 25.1 Å². The quantitative estimate of drug-likeness (QED) is 0.179. The lowest BCUT2D eigenvalue weighted by molar-refractivity contribution is -0.143. The molecule has 2 aliphatic heterocycles. The number of carbonyl (C=O) groups is 2. The molecular weight excluding hydrogens is 729 g/mol. The summed E-state index contributed by atoms with van der Waals surface area (Å²) in [5, 5.41) is 9.31. The molecule has 6 rings (SSSR count). The highest BCUT2D eigenvalue weighted by atomic mass is 19.4. The van der Waals surface area contributed by atoms with Gasteiger partial charge in [-0.1, -0.05) is 0 Å². The Morgan fingerprint density at radius 3 is 2.11 bits per heavy atom. The molecule has 0 bridgehead atoms. The predicted octanol–water partition coefficient (Wildman–Crippen LogP) is 7.93. The third kappa shape index (κ3) is 7.23. The van der Waals surface area contributed by atoms with E-state index in [4.69, 9.17) is 9.47 Å². The third-order valence-corrected chi connectivity index (χ3v) is 8.83. The molecule has 10 nitrogen and oxygen atoms in total. The zero-order valence-corrected chi connectivity index (χ0v) is 27.6. The Labute approximate surface area is 293 Å². The molecule has 4 aromatic rings. The van der Waals surface area contributed by atoms with Gasteiger partial charge in [-0.25, -0.2) is 37.7 Å². The summed E-state index contributed by atoms with van der Waals surface area (Å²) in [6.07, 6.45) is -10.7. The molecule has 2 atom stereocenters. The Hall–Kier alpha value is -5.62. The average molecular weight is 756 g/mol. The topological polar surface area (TPSA) is 118 Å². The number of amides is 1. The van der Waals surface area contributed by atoms with Crippen LogP contribution >= 0.6 is 0 Å².